The summed E-state index contributed by atoms with van der Waals surface area (Å²) in [5, 5.41) is 8.13. The molecule has 0 unspecified atom stereocenters. The van der Waals surface area contributed by atoms with Gasteiger partial charge in [0, 0.05) is 49.4 Å². The Morgan fingerprint density at radius 2 is 1.88 bits per heavy atom. The van der Waals surface area contributed by atoms with Crippen LogP contribution in [0.3, 0.4) is 0 Å². The number of benzene rings is 2. The fourth-order valence-corrected chi connectivity index (χ4v) is 5.23. The molecule has 2 aromatic carbocycles. The molecule has 2 fully saturated rings. The lowest BCUT2D eigenvalue weighted by Gasteiger charge is -2.27. The molecule has 5 nitrogen and oxygen atoms in total. The Hall–Kier alpha value is -2.86. The molecule has 34 heavy (non-hydrogen) atoms. The third kappa shape index (κ3) is 4.56. The molecule has 2 aliphatic rings. The largest absolute Gasteiger partial charge is 0.379 e. The third-order valence-corrected chi connectivity index (χ3v) is 7.67. The van der Waals surface area contributed by atoms with Crippen molar-refractivity contribution in [3.05, 3.63) is 64.6 Å². The molecule has 2 heterocycles. The van der Waals surface area contributed by atoms with Gasteiger partial charge in [-0.1, -0.05) is 18.6 Å². The molecule has 1 amide bonds. The van der Waals surface area contributed by atoms with Crippen LogP contribution in [0.1, 0.15) is 52.9 Å². The third-order valence-electron chi connectivity index (χ3n) is 7.67. The lowest BCUT2D eigenvalue weighted by Crippen LogP contribution is -2.34. The van der Waals surface area contributed by atoms with Gasteiger partial charge in [0.15, 0.2) is 0 Å². The molecule has 5 rings (SSSR count). The van der Waals surface area contributed by atoms with Crippen molar-refractivity contribution in [2.45, 2.75) is 52.6 Å². The molecule has 6 heteroatoms. The summed E-state index contributed by atoms with van der Waals surface area (Å²) in [6.07, 6.45) is 4.87. The van der Waals surface area contributed by atoms with Gasteiger partial charge in [-0.3, -0.25) is 4.79 Å². The number of nitrogens with zero attached hydrogens (tertiary/aromatic N) is 2. The standard InChI is InChI=1S/C28H35FN4O/c1-19-20(2)33(18-22-5-3-6-22)27-25(19)15-23(28(34)32-13-4-11-30-12-14-32)16-26(27)31-17-21-7-9-24(29)10-8-21/h7-10,15-16,22,30-31H,3-6,11-14,17-18H2,1-2H3. The van der Waals surface area contributed by atoms with E-state index in [9.17, 15) is 9.18 Å². The molecule has 1 aromatic heterocycles. The zero-order chi connectivity index (χ0) is 23.7. The highest BCUT2D eigenvalue weighted by Crippen LogP contribution is 2.36. The van der Waals surface area contributed by atoms with E-state index >= 15 is 0 Å². The van der Waals surface area contributed by atoms with Crippen LogP contribution in [0, 0.1) is 25.6 Å². The smallest absolute Gasteiger partial charge is 0.253 e. The summed E-state index contributed by atoms with van der Waals surface area (Å²) in [6, 6.07) is 10.7. The van der Waals surface area contributed by atoms with Crippen molar-refractivity contribution in [3.8, 4) is 0 Å². The van der Waals surface area contributed by atoms with E-state index in [0.717, 1.165) is 67.3 Å². The molecule has 0 radical (unpaired) electrons. The molecule has 1 aliphatic heterocycles. The summed E-state index contributed by atoms with van der Waals surface area (Å²) in [6.45, 7) is 9.26. The Balaban J connectivity index is 1.55. The Bertz CT molecular complexity index is 1170. The summed E-state index contributed by atoms with van der Waals surface area (Å²) >= 11 is 0. The highest BCUT2D eigenvalue weighted by Gasteiger charge is 2.24. The van der Waals surface area contributed by atoms with Gasteiger partial charge in [-0.2, -0.15) is 0 Å². The quantitative estimate of drug-likeness (QED) is 0.526. The van der Waals surface area contributed by atoms with Crippen molar-refractivity contribution in [3.63, 3.8) is 0 Å². The van der Waals surface area contributed by atoms with Crippen LogP contribution in [-0.4, -0.2) is 41.6 Å². The minimum Gasteiger partial charge on any atom is -0.379 e. The first-order valence-corrected chi connectivity index (χ1v) is 12.6. The fourth-order valence-electron chi connectivity index (χ4n) is 5.23. The first-order valence-electron chi connectivity index (χ1n) is 12.6. The van der Waals surface area contributed by atoms with Gasteiger partial charge < -0.3 is 20.1 Å². The minimum absolute atomic E-state index is 0.0965. The Kier molecular flexibility index (Phi) is 6.59. The molecule has 0 atom stereocenters. The second-order valence-corrected chi connectivity index (χ2v) is 9.91. The predicted octanol–water partition coefficient (Wildman–Crippen LogP) is 5.24. The van der Waals surface area contributed by atoms with Gasteiger partial charge in [0.1, 0.15) is 5.82 Å². The summed E-state index contributed by atoms with van der Waals surface area (Å²) in [4.78, 5) is 15.5. The van der Waals surface area contributed by atoms with E-state index in [0.29, 0.717) is 6.54 Å². The first-order chi connectivity index (χ1) is 16.5. The molecule has 0 bridgehead atoms. The van der Waals surface area contributed by atoms with Crippen molar-refractivity contribution in [1.82, 2.24) is 14.8 Å². The van der Waals surface area contributed by atoms with Crippen LogP contribution in [-0.2, 0) is 13.1 Å². The Morgan fingerprint density at radius 3 is 2.62 bits per heavy atom. The lowest BCUT2D eigenvalue weighted by atomic mass is 9.85. The van der Waals surface area contributed by atoms with Crippen molar-refractivity contribution < 1.29 is 9.18 Å². The van der Waals surface area contributed by atoms with Crippen LogP contribution >= 0.6 is 0 Å². The monoisotopic (exact) mass is 462 g/mol. The molecule has 1 aliphatic carbocycles. The second-order valence-electron chi connectivity index (χ2n) is 9.91. The van der Waals surface area contributed by atoms with Gasteiger partial charge in [0.05, 0.1) is 11.2 Å². The van der Waals surface area contributed by atoms with Crippen molar-refractivity contribution in [2.24, 2.45) is 5.92 Å². The van der Waals surface area contributed by atoms with Crippen LogP contribution in [0.2, 0.25) is 0 Å². The van der Waals surface area contributed by atoms with Crippen molar-refractivity contribution in [1.29, 1.82) is 0 Å². The summed E-state index contributed by atoms with van der Waals surface area (Å²) in [7, 11) is 0. The van der Waals surface area contributed by atoms with E-state index < -0.39 is 0 Å². The number of hydrogen-bond donors (Lipinski definition) is 2. The molecule has 1 saturated carbocycles. The number of halogens is 1. The van der Waals surface area contributed by atoms with E-state index in [1.807, 2.05) is 23.1 Å². The van der Waals surface area contributed by atoms with Gasteiger partial charge >= 0.3 is 0 Å². The molecule has 1 saturated heterocycles. The maximum absolute atomic E-state index is 13.5. The van der Waals surface area contributed by atoms with E-state index in [1.54, 1.807) is 0 Å². The van der Waals surface area contributed by atoms with E-state index in [1.165, 1.54) is 48.2 Å². The highest BCUT2D eigenvalue weighted by atomic mass is 19.1. The molecular weight excluding hydrogens is 427 g/mol. The fraction of sp³-hybridized carbons (Fsp3) is 0.464. The number of carbonyl (C=O) groups is 1. The van der Waals surface area contributed by atoms with Gasteiger partial charge in [0.2, 0.25) is 0 Å². The predicted molar refractivity (Wildman–Crippen MR) is 136 cm³/mol. The lowest BCUT2D eigenvalue weighted by molar-refractivity contribution is 0.0766. The summed E-state index contributed by atoms with van der Waals surface area (Å²) in [5.74, 6) is 0.593. The number of nitrogens with one attached hydrogen (secondary N) is 2. The number of carbonyl (C=O) groups excluding carboxylic acids is 1. The van der Waals surface area contributed by atoms with Crippen molar-refractivity contribution >= 4 is 22.5 Å². The first kappa shape index (κ1) is 22.9. The number of aryl methyl sites for hydroxylation is 1. The van der Waals surface area contributed by atoms with Gasteiger partial charge in [-0.25, -0.2) is 4.39 Å². The maximum atomic E-state index is 13.5. The molecule has 180 valence electrons. The molecule has 0 spiro atoms. The van der Waals surface area contributed by atoms with E-state index in [4.69, 9.17) is 0 Å². The second kappa shape index (κ2) is 9.79. The van der Waals surface area contributed by atoms with Gasteiger partial charge in [0.25, 0.3) is 5.91 Å². The number of amides is 1. The molecule has 2 N–H and O–H groups in total. The van der Waals surface area contributed by atoms with Crippen LogP contribution in [0.25, 0.3) is 10.9 Å². The SMILES string of the molecule is Cc1c(C)n(CC2CCC2)c2c(NCc3ccc(F)cc3)cc(C(=O)N3CCCNCC3)cc12. The van der Waals surface area contributed by atoms with Crippen molar-refractivity contribution in [2.75, 3.05) is 31.5 Å². The average molecular weight is 463 g/mol. The van der Waals surface area contributed by atoms with Crippen LogP contribution < -0.4 is 10.6 Å². The molecule has 3 aromatic rings. The number of rotatable bonds is 6. The number of aromatic nitrogens is 1. The average Bonchev–Trinajstić information content (AvgIpc) is 2.99. The van der Waals surface area contributed by atoms with Crippen LogP contribution in [0.5, 0.6) is 0 Å². The normalized spacial score (nSPS) is 17.0. The van der Waals surface area contributed by atoms with E-state index in [-0.39, 0.29) is 11.7 Å². The summed E-state index contributed by atoms with van der Waals surface area (Å²) < 4.78 is 15.8. The number of anilines is 1. The van der Waals surface area contributed by atoms with Crippen LogP contribution in [0.15, 0.2) is 36.4 Å². The Morgan fingerprint density at radius 1 is 1.09 bits per heavy atom. The van der Waals surface area contributed by atoms with E-state index in [2.05, 4.69) is 35.1 Å². The maximum Gasteiger partial charge on any atom is 0.253 e. The van der Waals surface area contributed by atoms with Gasteiger partial charge in [-0.05, 0) is 81.0 Å². The minimum atomic E-state index is -0.230. The topological polar surface area (TPSA) is 49.3 Å². The summed E-state index contributed by atoms with van der Waals surface area (Å²) in [5.41, 5.74) is 6.42. The van der Waals surface area contributed by atoms with Crippen LogP contribution in [0.4, 0.5) is 10.1 Å². The number of hydrogen-bond acceptors (Lipinski definition) is 3. The zero-order valence-electron chi connectivity index (χ0n) is 20.3. The Labute approximate surface area is 201 Å². The zero-order valence-corrected chi connectivity index (χ0v) is 20.3. The van der Waals surface area contributed by atoms with Gasteiger partial charge in [-0.15, -0.1) is 0 Å². The highest BCUT2D eigenvalue weighted by molar-refractivity contribution is 6.04. The number of fused-ring (bicyclic) bond motifs is 1. The molecular formula is C28H35FN4O.